The first kappa shape index (κ1) is 12.0. The number of guanidine groups is 1. The monoisotopic (exact) mass is 187 g/mol. The van der Waals surface area contributed by atoms with Crippen LogP contribution >= 0.6 is 37.7 Å². The molecule has 0 heterocycles. The molecule has 0 saturated heterocycles. The number of hydrogen-bond donors (Lipinski definition) is 5. The Morgan fingerprint density at radius 2 is 2.11 bits per heavy atom. The predicted molar refractivity (Wildman–Crippen MR) is 48.9 cm³/mol. The van der Waals surface area contributed by atoms with E-state index in [4.69, 9.17) is 11.1 Å². The Bertz CT molecular complexity index is 87.1. The van der Waals surface area contributed by atoms with Gasteiger partial charge in [0.2, 0.25) is 0 Å². The first-order chi connectivity index (χ1) is 3.63. The summed E-state index contributed by atoms with van der Waals surface area (Å²) in [6, 6.07) is 0. The number of thiol groups is 2. The van der Waals surface area contributed by atoms with Crippen molar-refractivity contribution in [1.29, 1.82) is 5.41 Å². The van der Waals surface area contributed by atoms with Crippen LogP contribution < -0.4 is 11.1 Å². The van der Waals surface area contributed by atoms with Crippen LogP contribution in [-0.4, -0.2) is 17.1 Å². The smallest absolute Gasteiger partial charge is 0.185 e. The van der Waals surface area contributed by atoms with Gasteiger partial charge in [0.25, 0.3) is 0 Å². The molecule has 0 saturated carbocycles. The van der Waals surface area contributed by atoms with Gasteiger partial charge in [0.15, 0.2) is 5.96 Å². The van der Waals surface area contributed by atoms with Gasteiger partial charge < -0.3 is 11.1 Å². The van der Waals surface area contributed by atoms with Gasteiger partial charge >= 0.3 is 0 Å². The number of rotatable bonds is 2. The lowest BCUT2D eigenvalue weighted by molar-refractivity contribution is 0.936. The molecule has 0 spiro atoms. The Kier molecular flexibility index (Phi) is 8.50. The predicted octanol–water partition coefficient (Wildman–Crippen LogP) is 0.0770. The standard InChI is InChI=1S/C3H9N3S2.ClH/c4-3(5)6-1-2(7)8;/h2,7-8H,1H2,(H4,4,5,6);1H. The maximum Gasteiger partial charge on any atom is 0.185 e. The average Bonchev–Trinajstić information content (AvgIpc) is 1.61. The SMILES string of the molecule is Cl.N=C(N)NCC(S)S. The van der Waals surface area contributed by atoms with Crippen LogP contribution in [0.5, 0.6) is 0 Å². The summed E-state index contributed by atoms with van der Waals surface area (Å²) in [5.74, 6) is -0.0434. The Morgan fingerprint density at radius 1 is 1.67 bits per heavy atom. The molecule has 0 aromatic heterocycles. The second-order valence-corrected chi connectivity index (χ2v) is 2.93. The highest BCUT2D eigenvalue weighted by Crippen LogP contribution is 1.95. The second kappa shape index (κ2) is 6.38. The maximum atomic E-state index is 6.69. The minimum atomic E-state index is -0.0566. The molecule has 6 heteroatoms. The van der Waals surface area contributed by atoms with Gasteiger partial charge in [-0.2, -0.15) is 25.3 Å². The van der Waals surface area contributed by atoms with E-state index in [-0.39, 0.29) is 22.9 Å². The van der Waals surface area contributed by atoms with Gasteiger partial charge in [-0.25, -0.2) is 0 Å². The highest BCUT2D eigenvalue weighted by Gasteiger charge is 1.92. The third-order valence-corrected chi connectivity index (χ3v) is 0.840. The van der Waals surface area contributed by atoms with Crippen LogP contribution in [0.3, 0.4) is 0 Å². The van der Waals surface area contributed by atoms with E-state index in [2.05, 4.69) is 30.6 Å². The van der Waals surface area contributed by atoms with Crippen molar-refractivity contribution < 1.29 is 0 Å². The van der Waals surface area contributed by atoms with Crippen molar-refractivity contribution in [2.75, 3.05) is 6.54 Å². The van der Waals surface area contributed by atoms with Crippen LogP contribution in [0.2, 0.25) is 0 Å². The molecule has 0 atom stereocenters. The average molecular weight is 188 g/mol. The van der Waals surface area contributed by atoms with Crippen LogP contribution in [0.15, 0.2) is 0 Å². The van der Waals surface area contributed by atoms with E-state index in [9.17, 15) is 0 Å². The fourth-order valence-electron chi connectivity index (χ4n) is 0.201. The van der Waals surface area contributed by atoms with Gasteiger partial charge in [0.05, 0.1) is 4.58 Å². The second-order valence-electron chi connectivity index (χ2n) is 1.28. The third kappa shape index (κ3) is 11.7. The number of nitrogens with one attached hydrogen (secondary N) is 2. The van der Waals surface area contributed by atoms with E-state index in [0.29, 0.717) is 6.54 Å². The Morgan fingerprint density at radius 3 is 2.22 bits per heavy atom. The molecule has 0 unspecified atom stereocenters. The van der Waals surface area contributed by atoms with Gasteiger partial charge in [0, 0.05) is 6.54 Å². The van der Waals surface area contributed by atoms with E-state index in [1.165, 1.54) is 0 Å². The molecule has 4 N–H and O–H groups in total. The van der Waals surface area contributed by atoms with Gasteiger partial charge in [-0.1, -0.05) is 0 Å². The first-order valence-electron chi connectivity index (χ1n) is 2.07. The molecular formula is C3H10ClN3S2. The largest absolute Gasteiger partial charge is 0.370 e. The molecule has 0 amide bonds. The molecule has 0 aromatic rings. The van der Waals surface area contributed by atoms with Gasteiger partial charge in [0.1, 0.15) is 0 Å². The van der Waals surface area contributed by atoms with E-state index < -0.39 is 0 Å². The lowest BCUT2D eigenvalue weighted by atomic mass is 10.7. The van der Waals surface area contributed by atoms with Crippen LogP contribution in [0, 0.1) is 5.41 Å². The van der Waals surface area contributed by atoms with Gasteiger partial charge in [-0.05, 0) is 0 Å². The summed E-state index contributed by atoms with van der Waals surface area (Å²) in [7, 11) is 0. The van der Waals surface area contributed by atoms with Gasteiger partial charge in [-0.3, -0.25) is 5.41 Å². The molecule has 0 radical (unpaired) electrons. The molecule has 0 aliphatic rings. The van der Waals surface area contributed by atoms with Gasteiger partial charge in [-0.15, -0.1) is 12.4 Å². The zero-order valence-electron chi connectivity index (χ0n) is 4.66. The lowest BCUT2D eigenvalue weighted by Crippen LogP contribution is -2.33. The molecular weight excluding hydrogens is 178 g/mol. The number of halogens is 1. The van der Waals surface area contributed by atoms with Crippen LogP contribution in [0.25, 0.3) is 0 Å². The normalized spacial score (nSPS) is 8.33. The highest BCUT2D eigenvalue weighted by molar-refractivity contribution is 7.99. The number of nitrogens with two attached hydrogens (primary N) is 1. The van der Waals surface area contributed by atoms with E-state index in [1.807, 2.05) is 0 Å². The molecule has 0 bridgehead atoms. The summed E-state index contributed by atoms with van der Waals surface area (Å²) in [5.41, 5.74) is 4.95. The Hall–Kier alpha value is 0.260. The molecule has 3 nitrogen and oxygen atoms in total. The molecule has 0 aliphatic carbocycles. The first-order valence-corrected chi connectivity index (χ1v) is 3.10. The summed E-state index contributed by atoms with van der Waals surface area (Å²) in [4.78, 5) is 0. The zero-order valence-corrected chi connectivity index (χ0v) is 7.27. The highest BCUT2D eigenvalue weighted by atomic mass is 35.5. The molecule has 0 aliphatic heterocycles. The maximum absolute atomic E-state index is 6.69. The van der Waals surface area contributed by atoms with E-state index in [0.717, 1.165) is 0 Å². The fourth-order valence-corrected chi connectivity index (χ4v) is 0.384. The zero-order chi connectivity index (χ0) is 6.57. The van der Waals surface area contributed by atoms with Crippen molar-refractivity contribution in [3.05, 3.63) is 0 Å². The fraction of sp³-hybridized carbons (Fsp3) is 0.667. The van der Waals surface area contributed by atoms with Crippen LogP contribution in [0.4, 0.5) is 0 Å². The Balaban J connectivity index is 0. The Labute approximate surface area is 71.5 Å². The molecule has 0 fully saturated rings. The molecule has 9 heavy (non-hydrogen) atoms. The quantitative estimate of drug-likeness (QED) is 0.184. The summed E-state index contributed by atoms with van der Waals surface area (Å²) in [5, 5.41) is 9.24. The number of hydrogen-bond acceptors (Lipinski definition) is 3. The summed E-state index contributed by atoms with van der Waals surface area (Å²) in [6.45, 7) is 0.515. The minimum absolute atomic E-state index is 0. The van der Waals surface area contributed by atoms with Crippen LogP contribution in [0.1, 0.15) is 0 Å². The van der Waals surface area contributed by atoms with Crippen LogP contribution in [-0.2, 0) is 0 Å². The van der Waals surface area contributed by atoms with Crippen molar-refractivity contribution in [3.8, 4) is 0 Å². The van der Waals surface area contributed by atoms with Crippen molar-refractivity contribution in [2.45, 2.75) is 4.58 Å². The molecule has 56 valence electrons. The summed E-state index contributed by atoms with van der Waals surface area (Å²) < 4.78 is -0.0566. The molecule has 0 rings (SSSR count). The van der Waals surface area contributed by atoms with Crippen molar-refractivity contribution in [3.63, 3.8) is 0 Å². The van der Waals surface area contributed by atoms with Crippen molar-refractivity contribution >= 4 is 43.6 Å². The summed E-state index contributed by atoms with van der Waals surface area (Å²) >= 11 is 7.84. The van der Waals surface area contributed by atoms with E-state index in [1.54, 1.807) is 0 Å². The van der Waals surface area contributed by atoms with Crippen molar-refractivity contribution in [1.82, 2.24) is 5.32 Å². The van der Waals surface area contributed by atoms with E-state index >= 15 is 0 Å². The topological polar surface area (TPSA) is 61.9 Å². The van der Waals surface area contributed by atoms with Crippen molar-refractivity contribution in [2.24, 2.45) is 5.73 Å². The lowest BCUT2D eigenvalue weighted by Gasteiger charge is -2.03. The molecule has 0 aromatic carbocycles. The summed E-state index contributed by atoms with van der Waals surface area (Å²) in [6.07, 6.45) is 0. The minimum Gasteiger partial charge on any atom is -0.370 e. The third-order valence-electron chi connectivity index (χ3n) is 0.475.